The Hall–Kier alpha value is -0.570. The van der Waals surface area contributed by atoms with Crippen LogP contribution in [0.2, 0.25) is 0 Å². The second-order valence-corrected chi connectivity index (χ2v) is 3.94. The number of nitrogens with one attached hydrogen (secondary N) is 1. The Morgan fingerprint density at radius 2 is 2.42 bits per heavy atom. The van der Waals surface area contributed by atoms with Crippen LogP contribution in [0, 0.1) is 6.92 Å². The fraction of sp³-hybridized carbons (Fsp3) is 0.444. The Morgan fingerprint density at radius 1 is 1.58 bits per heavy atom. The average molecular weight is 227 g/mol. The van der Waals surface area contributed by atoms with Crippen molar-refractivity contribution in [3.63, 3.8) is 0 Å². The van der Waals surface area contributed by atoms with E-state index in [1.54, 1.807) is 0 Å². The van der Waals surface area contributed by atoms with Gasteiger partial charge in [0.15, 0.2) is 0 Å². The van der Waals surface area contributed by atoms with E-state index in [1.165, 1.54) is 23.4 Å². The summed E-state index contributed by atoms with van der Waals surface area (Å²) < 4.78 is 1.09. The van der Waals surface area contributed by atoms with E-state index in [4.69, 9.17) is 0 Å². The van der Waals surface area contributed by atoms with E-state index in [0.29, 0.717) is 0 Å². The Kier molecular flexibility index (Phi) is 2.05. The molecule has 2 nitrogen and oxygen atoms in total. The highest BCUT2D eigenvalue weighted by molar-refractivity contribution is 9.10. The van der Waals surface area contributed by atoms with Gasteiger partial charge in [-0.15, -0.1) is 0 Å². The van der Waals surface area contributed by atoms with Crippen LogP contribution in [0.5, 0.6) is 0 Å². The minimum absolute atomic E-state index is 1.08. The molecule has 0 amide bonds. The molecule has 0 atom stereocenters. The van der Waals surface area contributed by atoms with Gasteiger partial charge in [-0.1, -0.05) is 0 Å². The van der Waals surface area contributed by atoms with Crippen LogP contribution in [0.1, 0.15) is 17.7 Å². The van der Waals surface area contributed by atoms with Gasteiger partial charge in [-0.3, -0.25) is 4.98 Å². The summed E-state index contributed by atoms with van der Waals surface area (Å²) in [5.74, 6) is 0. The van der Waals surface area contributed by atoms with Crippen molar-refractivity contribution >= 4 is 21.6 Å². The van der Waals surface area contributed by atoms with Crippen LogP contribution >= 0.6 is 15.9 Å². The van der Waals surface area contributed by atoms with Crippen LogP contribution in [-0.4, -0.2) is 11.5 Å². The second kappa shape index (κ2) is 3.05. The standard InChI is InChI=1S/C9H11BrN2/c1-6-7(10)5-12-8-3-2-4-11-9(6)8/h5,11H,2-4H2,1H3. The molecule has 0 unspecified atom stereocenters. The highest BCUT2D eigenvalue weighted by Gasteiger charge is 2.13. The zero-order valence-electron chi connectivity index (χ0n) is 7.02. The number of halogens is 1. The predicted octanol–water partition coefficient (Wildman–Crippen LogP) is 2.51. The molecule has 0 saturated carbocycles. The zero-order valence-corrected chi connectivity index (χ0v) is 8.61. The molecule has 0 saturated heterocycles. The van der Waals surface area contributed by atoms with E-state index in [0.717, 1.165) is 17.4 Å². The lowest BCUT2D eigenvalue weighted by Crippen LogP contribution is -2.14. The maximum Gasteiger partial charge on any atom is 0.0638 e. The molecule has 2 rings (SSSR count). The van der Waals surface area contributed by atoms with E-state index >= 15 is 0 Å². The van der Waals surface area contributed by atoms with Crippen molar-refractivity contribution in [3.8, 4) is 0 Å². The topological polar surface area (TPSA) is 24.9 Å². The van der Waals surface area contributed by atoms with E-state index in [1.807, 2.05) is 6.20 Å². The highest BCUT2D eigenvalue weighted by Crippen LogP contribution is 2.28. The van der Waals surface area contributed by atoms with Gasteiger partial charge in [0.05, 0.1) is 11.4 Å². The number of anilines is 1. The molecule has 1 aliphatic heterocycles. The van der Waals surface area contributed by atoms with Crippen LogP contribution in [0.15, 0.2) is 10.7 Å². The van der Waals surface area contributed by atoms with Gasteiger partial charge in [0, 0.05) is 17.2 Å². The Bertz CT molecular complexity index is 310. The molecule has 0 bridgehead atoms. The second-order valence-electron chi connectivity index (χ2n) is 3.08. The largest absolute Gasteiger partial charge is 0.383 e. The number of rotatable bonds is 0. The SMILES string of the molecule is Cc1c(Br)cnc2c1NCCC2. The van der Waals surface area contributed by atoms with Gasteiger partial charge in [0.25, 0.3) is 0 Å². The summed E-state index contributed by atoms with van der Waals surface area (Å²) in [5.41, 5.74) is 3.72. The van der Waals surface area contributed by atoms with Crippen molar-refractivity contribution in [1.29, 1.82) is 0 Å². The molecule has 0 fully saturated rings. The highest BCUT2D eigenvalue weighted by atomic mass is 79.9. The first-order chi connectivity index (χ1) is 5.79. The summed E-state index contributed by atoms with van der Waals surface area (Å²) in [6.07, 6.45) is 4.19. The molecule has 2 heterocycles. The summed E-state index contributed by atoms with van der Waals surface area (Å²) in [6.45, 7) is 3.19. The number of nitrogens with zero attached hydrogens (tertiary/aromatic N) is 1. The van der Waals surface area contributed by atoms with Crippen LogP contribution in [0.25, 0.3) is 0 Å². The lowest BCUT2D eigenvalue weighted by Gasteiger charge is -2.19. The molecule has 1 aromatic rings. The number of aromatic nitrogens is 1. The first kappa shape index (κ1) is 8.05. The van der Waals surface area contributed by atoms with Crippen molar-refractivity contribution in [1.82, 2.24) is 4.98 Å². The minimum atomic E-state index is 1.08. The number of aryl methyl sites for hydroxylation is 1. The fourth-order valence-electron chi connectivity index (χ4n) is 1.53. The van der Waals surface area contributed by atoms with Gasteiger partial charge < -0.3 is 5.32 Å². The summed E-state index contributed by atoms with van der Waals surface area (Å²) in [5, 5.41) is 3.38. The zero-order chi connectivity index (χ0) is 8.55. The molecule has 3 heteroatoms. The number of fused-ring (bicyclic) bond motifs is 1. The van der Waals surface area contributed by atoms with Crippen molar-refractivity contribution in [3.05, 3.63) is 21.9 Å². The summed E-state index contributed by atoms with van der Waals surface area (Å²) in [6, 6.07) is 0. The molecule has 0 aromatic carbocycles. The maximum atomic E-state index is 4.37. The van der Waals surface area contributed by atoms with Gasteiger partial charge in [-0.2, -0.15) is 0 Å². The van der Waals surface area contributed by atoms with Gasteiger partial charge >= 0.3 is 0 Å². The third-order valence-corrected chi connectivity index (χ3v) is 3.05. The summed E-state index contributed by atoms with van der Waals surface area (Å²) in [7, 11) is 0. The Morgan fingerprint density at radius 3 is 3.25 bits per heavy atom. The van der Waals surface area contributed by atoms with Gasteiger partial charge in [0.2, 0.25) is 0 Å². The quantitative estimate of drug-likeness (QED) is 0.736. The summed E-state index contributed by atoms with van der Waals surface area (Å²) in [4.78, 5) is 4.37. The van der Waals surface area contributed by atoms with Crippen molar-refractivity contribution in [2.24, 2.45) is 0 Å². The molecule has 0 radical (unpaired) electrons. The lowest BCUT2D eigenvalue weighted by atomic mass is 10.1. The monoisotopic (exact) mass is 226 g/mol. The summed E-state index contributed by atoms with van der Waals surface area (Å²) >= 11 is 3.47. The van der Waals surface area contributed by atoms with Crippen molar-refractivity contribution < 1.29 is 0 Å². The molecule has 64 valence electrons. The van der Waals surface area contributed by atoms with Gasteiger partial charge in [-0.05, 0) is 41.3 Å². The fourth-order valence-corrected chi connectivity index (χ4v) is 1.83. The van der Waals surface area contributed by atoms with Crippen molar-refractivity contribution in [2.45, 2.75) is 19.8 Å². The average Bonchev–Trinajstić information content (AvgIpc) is 2.12. The van der Waals surface area contributed by atoms with Crippen LogP contribution in [0.4, 0.5) is 5.69 Å². The number of pyridine rings is 1. The maximum absolute atomic E-state index is 4.37. The lowest BCUT2D eigenvalue weighted by molar-refractivity contribution is 0.797. The van der Waals surface area contributed by atoms with E-state index in [-0.39, 0.29) is 0 Å². The molecule has 1 N–H and O–H groups in total. The molecule has 1 aromatic heterocycles. The normalized spacial score (nSPS) is 15.2. The Balaban J connectivity index is 2.54. The third-order valence-electron chi connectivity index (χ3n) is 2.25. The van der Waals surface area contributed by atoms with E-state index < -0.39 is 0 Å². The molecule has 0 spiro atoms. The van der Waals surface area contributed by atoms with E-state index in [2.05, 4.69) is 33.2 Å². The van der Waals surface area contributed by atoms with Crippen LogP contribution in [-0.2, 0) is 6.42 Å². The molecular formula is C9H11BrN2. The molecular weight excluding hydrogens is 216 g/mol. The molecule has 12 heavy (non-hydrogen) atoms. The minimum Gasteiger partial charge on any atom is -0.383 e. The first-order valence-corrected chi connectivity index (χ1v) is 4.96. The number of hydrogen-bond donors (Lipinski definition) is 1. The van der Waals surface area contributed by atoms with Crippen molar-refractivity contribution in [2.75, 3.05) is 11.9 Å². The predicted molar refractivity (Wildman–Crippen MR) is 53.5 cm³/mol. The molecule has 0 aliphatic carbocycles. The third kappa shape index (κ3) is 1.22. The van der Waals surface area contributed by atoms with Crippen LogP contribution < -0.4 is 5.32 Å². The molecule has 1 aliphatic rings. The van der Waals surface area contributed by atoms with Crippen LogP contribution in [0.3, 0.4) is 0 Å². The van der Waals surface area contributed by atoms with Gasteiger partial charge in [-0.25, -0.2) is 0 Å². The van der Waals surface area contributed by atoms with Gasteiger partial charge in [0.1, 0.15) is 0 Å². The Labute approximate surface area is 80.5 Å². The number of hydrogen-bond acceptors (Lipinski definition) is 2. The smallest absolute Gasteiger partial charge is 0.0638 e. The van der Waals surface area contributed by atoms with E-state index in [9.17, 15) is 0 Å². The first-order valence-electron chi connectivity index (χ1n) is 4.17.